The minimum absolute atomic E-state index is 0.0947. The van der Waals surface area contributed by atoms with E-state index in [1.165, 1.54) is 30.6 Å². The molecule has 1 aromatic heterocycles. The van der Waals surface area contributed by atoms with Gasteiger partial charge in [-0.05, 0) is 49.2 Å². The topological polar surface area (TPSA) is 83.4 Å². The fourth-order valence-electron chi connectivity index (χ4n) is 2.82. The summed E-state index contributed by atoms with van der Waals surface area (Å²) >= 11 is 1.91. The van der Waals surface area contributed by atoms with Crippen LogP contribution in [0.3, 0.4) is 0 Å². The average molecular weight is 373 g/mol. The highest BCUT2D eigenvalue weighted by molar-refractivity contribution is 8.00. The van der Waals surface area contributed by atoms with Crippen LogP contribution in [0.4, 0.5) is 10.5 Å². The van der Waals surface area contributed by atoms with Crippen molar-refractivity contribution in [1.82, 2.24) is 10.6 Å². The van der Waals surface area contributed by atoms with Crippen molar-refractivity contribution in [2.75, 3.05) is 11.9 Å². The fraction of sp³-hybridized carbons (Fsp3) is 0.368. The van der Waals surface area contributed by atoms with Crippen LogP contribution < -0.4 is 16.0 Å². The first-order chi connectivity index (χ1) is 12.7. The summed E-state index contributed by atoms with van der Waals surface area (Å²) in [6.07, 6.45) is 6.77. The third-order valence-corrected chi connectivity index (χ3v) is 5.50. The first-order valence-corrected chi connectivity index (χ1v) is 9.67. The average Bonchev–Trinajstić information content (AvgIpc) is 3.34. The number of anilines is 1. The molecule has 138 valence electrons. The standard InChI is InChI=1S/C19H23N3O3S/c23-18(13-21-19(24)20-12-15-4-3-11-25-15)22-14-7-9-17(10-8-14)26-16-5-1-2-6-16/h3-4,7-11,16H,1-2,5-6,12-13H2,(H,22,23)(H2,20,21,24). The van der Waals surface area contributed by atoms with Crippen LogP contribution in [-0.2, 0) is 11.3 Å². The molecule has 26 heavy (non-hydrogen) atoms. The largest absolute Gasteiger partial charge is 0.467 e. The summed E-state index contributed by atoms with van der Waals surface area (Å²) < 4.78 is 5.12. The number of hydrogen-bond donors (Lipinski definition) is 3. The predicted molar refractivity (Wildman–Crippen MR) is 102 cm³/mol. The van der Waals surface area contributed by atoms with E-state index in [0.717, 1.165) is 10.9 Å². The second-order valence-electron chi connectivity index (χ2n) is 6.21. The molecule has 0 spiro atoms. The van der Waals surface area contributed by atoms with E-state index in [2.05, 4.69) is 16.0 Å². The zero-order valence-electron chi connectivity index (χ0n) is 14.5. The highest BCUT2D eigenvalue weighted by Crippen LogP contribution is 2.34. The van der Waals surface area contributed by atoms with Crippen LogP contribution in [0.2, 0.25) is 0 Å². The fourth-order valence-corrected chi connectivity index (χ4v) is 4.07. The molecule has 0 bridgehead atoms. The maximum Gasteiger partial charge on any atom is 0.315 e. The number of nitrogens with one attached hydrogen (secondary N) is 3. The molecule has 1 saturated carbocycles. The summed E-state index contributed by atoms with van der Waals surface area (Å²) in [6.45, 7) is 0.184. The molecule has 1 aromatic carbocycles. The molecule has 0 atom stereocenters. The first kappa shape index (κ1) is 18.4. The highest BCUT2D eigenvalue weighted by Gasteiger charge is 2.16. The Kier molecular flexibility index (Phi) is 6.60. The number of furan rings is 1. The van der Waals surface area contributed by atoms with Gasteiger partial charge in [-0.2, -0.15) is 0 Å². The van der Waals surface area contributed by atoms with Gasteiger partial charge in [-0.3, -0.25) is 4.79 Å². The molecular weight excluding hydrogens is 350 g/mol. The van der Waals surface area contributed by atoms with Crippen molar-refractivity contribution in [3.63, 3.8) is 0 Å². The van der Waals surface area contributed by atoms with E-state index in [9.17, 15) is 9.59 Å². The van der Waals surface area contributed by atoms with Crippen LogP contribution in [0, 0.1) is 0 Å². The van der Waals surface area contributed by atoms with E-state index < -0.39 is 6.03 Å². The summed E-state index contributed by atoms with van der Waals surface area (Å²) in [5.74, 6) is 0.384. The van der Waals surface area contributed by atoms with Crippen LogP contribution >= 0.6 is 11.8 Å². The minimum atomic E-state index is -0.417. The Hall–Kier alpha value is -2.41. The van der Waals surface area contributed by atoms with Gasteiger partial charge in [0.1, 0.15) is 5.76 Å². The molecule has 2 aromatic rings. The Bertz CT molecular complexity index is 710. The molecule has 1 aliphatic rings. The highest BCUT2D eigenvalue weighted by atomic mass is 32.2. The molecular formula is C19H23N3O3S. The molecule has 0 radical (unpaired) electrons. The second kappa shape index (κ2) is 9.33. The van der Waals surface area contributed by atoms with Gasteiger partial charge in [0.25, 0.3) is 0 Å². The number of amides is 3. The van der Waals surface area contributed by atoms with Crippen molar-refractivity contribution in [1.29, 1.82) is 0 Å². The van der Waals surface area contributed by atoms with E-state index in [-0.39, 0.29) is 19.0 Å². The van der Waals surface area contributed by atoms with Crippen molar-refractivity contribution in [3.05, 3.63) is 48.4 Å². The number of urea groups is 1. The van der Waals surface area contributed by atoms with Gasteiger partial charge >= 0.3 is 6.03 Å². The van der Waals surface area contributed by atoms with Gasteiger partial charge in [0.2, 0.25) is 5.91 Å². The zero-order valence-corrected chi connectivity index (χ0v) is 15.3. The maximum atomic E-state index is 11.9. The predicted octanol–water partition coefficient (Wildman–Crippen LogP) is 3.75. The van der Waals surface area contributed by atoms with Crippen molar-refractivity contribution < 1.29 is 14.0 Å². The first-order valence-electron chi connectivity index (χ1n) is 8.80. The third kappa shape index (κ3) is 5.84. The SMILES string of the molecule is O=C(CNC(=O)NCc1ccco1)Nc1ccc(SC2CCCC2)cc1. The summed E-state index contributed by atoms with van der Waals surface area (Å²) in [7, 11) is 0. The molecule has 7 heteroatoms. The normalized spacial score (nSPS) is 14.2. The van der Waals surface area contributed by atoms with E-state index in [4.69, 9.17) is 4.42 Å². The van der Waals surface area contributed by atoms with Gasteiger partial charge in [-0.1, -0.05) is 12.8 Å². The number of carbonyl (C=O) groups is 2. The van der Waals surface area contributed by atoms with E-state index in [0.29, 0.717) is 5.76 Å². The Balaban J connectivity index is 1.36. The summed E-state index contributed by atoms with van der Waals surface area (Å²) in [5, 5.41) is 8.64. The van der Waals surface area contributed by atoms with Gasteiger partial charge < -0.3 is 20.4 Å². The van der Waals surface area contributed by atoms with Gasteiger partial charge in [0.05, 0.1) is 19.4 Å². The van der Waals surface area contributed by atoms with Crippen LogP contribution in [-0.4, -0.2) is 23.7 Å². The molecule has 0 aliphatic heterocycles. The number of carbonyl (C=O) groups excluding carboxylic acids is 2. The van der Waals surface area contributed by atoms with Crippen LogP contribution in [0.25, 0.3) is 0 Å². The smallest absolute Gasteiger partial charge is 0.315 e. The Labute approximate surface area is 157 Å². The number of rotatable bonds is 7. The quantitative estimate of drug-likeness (QED) is 0.690. The summed E-state index contributed by atoms with van der Waals surface area (Å²) in [4.78, 5) is 24.8. The zero-order chi connectivity index (χ0) is 18.2. The van der Waals surface area contributed by atoms with Crippen molar-refractivity contribution in [2.24, 2.45) is 0 Å². The maximum absolute atomic E-state index is 11.9. The lowest BCUT2D eigenvalue weighted by molar-refractivity contribution is -0.115. The summed E-state index contributed by atoms with van der Waals surface area (Å²) in [5.41, 5.74) is 0.726. The van der Waals surface area contributed by atoms with Gasteiger partial charge in [0.15, 0.2) is 0 Å². The lowest BCUT2D eigenvalue weighted by atomic mass is 10.3. The van der Waals surface area contributed by atoms with Gasteiger partial charge in [-0.15, -0.1) is 11.8 Å². The molecule has 3 N–H and O–H groups in total. The van der Waals surface area contributed by atoms with Gasteiger partial charge in [-0.25, -0.2) is 4.79 Å². The Morgan fingerprint density at radius 3 is 2.54 bits per heavy atom. The van der Waals surface area contributed by atoms with Crippen LogP contribution in [0.15, 0.2) is 52.0 Å². The molecule has 3 amide bonds. The monoisotopic (exact) mass is 373 g/mol. The number of thioether (sulfide) groups is 1. The molecule has 6 nitrogen and oxygen atoms in total. The van der Waals surface area contributed by atoms with Crippen molar-refractivity contribution in [3.8, 4) is 0 Å². The Morgan fingerprint density at radius 1 is 1.08 bits per heavy atom. The van der Waals surface area contributed by atoms with Crippen molar-refractivity contribution in [2.45, 2.75) is 42.4 Å². The molecule has 3 rings (SSSR count). The number of hydrogen-bond acceptors (Lipinski definition) is 4. The lowest BCUT2D eigenvalue weighted by Gasteiger charge is -2.10. The van der Waals surface area contributed by atoms with E-state index in [1.807, 2.05) is 36.0 Å². The van der Waals surface area contributed by atoms with E-state index >= 15 is 0 Å². The van der Waals surface area contributed by atoms with Crippen LogP contribution in [0.5, 0.6) is 0 Å². The summed E-state index contributed by atoms with van der Waals surface area (Å²) in [6, 6.07) is 10.9. The van der Waals surface area contributed by atoms with Gasteiger partial charge in [0, 0.05) is 15.8 Å². The molecule has 1 fully saturated rings. The molecule has 0 saturated heterocycles. The minimum Gasteiger partial charge on any atom is -0.467 e. The number of benzene rings is 1. The molecule has 0 unspecified atom stereocenters. The molecule has 1 heterocycles. The lowest BCUT2D eigenvalue weighted by Crippen LogP contribution is -2.39. The van der Waals surface area contributed by atoms with Crippen molar-refractivity contribution >= 4 is 29.4 Å². The van der Waals surface area contributed by atoms with Crippen LogP contribution in [0.1, 0.15) is 31.4 Å². The second-order valence-corrected chi connectivity index (χ2v) is 7.59. The Morgan fingerprint density at radius 2 is 1.85 bits per heavy atom. The third-order valence-electron chi connectivity index (χ3n) is 4.16. The molecule has 1 aliphatic carbocycles. The van der Waals surface area contributed by atoms with E-state index in [1.54, 1.807) is 18.4 Å².